The first-order valence-corrected chi connectivity index (χ1v) is 5.18. The van der Waals surface area contributed by atoms with Gasteiger partial charge in [0.05, 0.1) is 30.3 Å². The van der Waals surface area contributed by atoms with E-state index in [1.54, 1.807) is 0 Å². The molecule has 0 atom stereocenters. The minimum atomic E-state index is -0.165. The summed E-state index contributed by atoms with van der Waals surface area (Å²) in [7, 11) is 0. The molecule has 1 aliphatic heterocycles. The summed E-state index contributed by atoms with van der Waals surface area (Å²) in [6.07, 6.45) is 0. The fraction of sp³-hybridized carbons (Fsp3) is 0. The third kappa shape index (κ3) is 1.03. The van der Waals surface area contributed by atoms with Crippen molar-refractivity contribution >= 4 is 38.3 Å². The number of nitrogens with zero attached hydrogens (tertiary/aromatic N) is 1. The summed E-state index contributed by atoms with van der Waals surface area (Å²) < 4.78 is 5.38. The zero-order chi connectivity index (χ0) is 6.97. The summed E-state index contributed by atoms with van der Waals surface area (Å²) in [6, 6.07) is 5.82. The highest BCUT2D eigenvalue weighted by atomic mass is 127. The molecule has 0 unspecified atom stereocenters. The van der Waals surface area contributed by atoms with Crippen LogP contribution in [0.4, 0.5) is 5.69 Å². The largest absolute Gasteiger partial charge is 0.272 e. The first-order valence-electron chi connectivity index (χ1n) is 2.76. The Balaban J connectivity index is 2.60. The average molecular weight is 266 g/mol. The Hall–Kier alpha value is -0.160. The second-order valence-corrected chi connectivity index (χ2v) is 4.47. The second kappa shape index (κ2) is 2.47. The maximum absolute atomic E-state index is 5.77. The average Bonchev–Trinajstić information content (AvgIpc) is 2.33. The number of anilines is 1. The van der Waals surface area contributed by atoms with Crippen molar-refractivity contribution in [3.63, 3.8) is 0 Å². The Morgan fingerprint density at radius 1 is 1.50 bits per heavy atom. The molecule has 1 aliphatic rings. The fourth-order valence-electron chi connectivity index (χ4n) is 0.762. The van der Waals surface area contributed by atoms with Crippen molar-refractivity contribution in [3.8, 4) is 0 Å². The summed E-state index contributed by atoms with van der Waals surface area (Å²) in [5, 5.41) is 0.803. The normalized spacial score (nSPS) is 13.7. The third-order valence-corrected chi connectivity index (χ3v) is 3.36. The number of hydrogen-bond acceptors (Lipinski definition) is 2. The third-order valence-electron chi connectivity index (χ3n) is 1.23. The molecule has 1 heterocycles. The van der Waals surface area contributed by atoms with Gasteiger partial charge in [0.1, 0.15) is 0 Å². The molecule has 1 N–H and O–H groups in total. The summed E-state index contributed by atoms with van der Waals surface area (Å²) in [5.41, 5.74) is 4.06. The van der Waals surface area contributed by atoms with E-state index in [-0.39, 0.29) is 21.0 Å². The van der Waals surface area contributed by atoms with Gasteiger partial charge >= 0.3 is 0 Å². The summed E-state index contributed by atoms with van der Waals surface area (Å²) >= 11 is 5.61. The van der Waals surface area contributed by atoms with Gasteiger partial charge in [-0.3, -0.25) is 5.43 Å². The molecule has 52 valence electrons. The maximum atomic E-state index is 5.77. The minimum absolute atomic E-state index is 0.165. The monoisotopic (exact) mass is 266 g/mol. The molecule has 0 aliphatic carbocycles. The van der Waals surface area contributed by atoms with Gasteiger partial charge in [0.15, 0.2) is 0 Å². The Labute approximate surface area is 73.7 Å². The highest BCUT2D eigenvalue weighted by Crippen LogP contribution is 2.31. The minimum Gasteiger partial charge on any atom is -0.272 e. The Morgan fingerprint density at radius 2 is 2.40 bits per heavy atom. The molecule has 0 saturated carbocycles. The van der Waals surface area contributed by atoms with E-state index in [9.17, 15) is 0 Å². The van der Waals surface area contributed by atoms with Crippen LogP contribution in [0, 0.1) is 3.57 Å². The molecule has 1 aromatic rings. The molecule has 0 fully saturated rings. The highest BCUT2D eigenvalue weighted by Gasteiger charge is 2.05. The lowest BCUT2D eigenvalue weighted by Crippen LogP contribution is -1.82. The van der Waals surface area contributed by atoms with Crippen LogP contribution >= 0.6 is 32.6 Å². The molecule has 2 nitrogen and oxygen atoms in total. The van der Waals surface area contributed by atoms with Crippen molar-refractivity contribution in [1.29, 1.82) is 0 Å². The Morgan fingerprint density at radius 3 is 3.30 bits per heavy atom. The number of rotatable bonds is 0. The van der Waals surface area contributed by atoms with E-state index in [0.717, 1.165) is 10.7 Å². The first kappa shape index (κ1) is 6.54. The van der Waals surface area contributed by atoms with E-state index in [1.165, 1.54) is 3.57 Å². The molecule has 0 radical (unpaired) electrons. The van der Waals surface area contributed by atoms with E-state index in [2.05, 4.69) is 8.68 Å². The lowest BCUT2D eigenvalue weighted by atomic mass is 10.3. The number of halogens is 2. The van der Waals surface area contributed by atoms with Crippen molar-refractivity contribution in [2.45, 2.75) is 0 Å². The van der Waals surface area contributed by atoms with Crippen LogP contribution < -0.4 is 5.43 Å². The smallest absolute Gasteiger partial charge is 0.0711 e. The van der Waals surface area contributed by atoms with Gasteiger partial charge in [-0.1, -0.05) is 11.6 Å². The van der Waals surface area contributed by atoms with Crippen LogP contribution in [0.2, 0.25) is 5.02 Å². The number of nitrogens with one attached hydrogen (secondary N) is 1. The quantitative estimate of drug-likeness (QED) is 0.717. The van der Waals surface area contributed by atoms with E-state index >= 15 is 0 Å². The van der Waals surface area contributed by atoms with Crippen molar-refractivity contribution in [3.05, 3.63) is 26.8 Å². The number of fused-ring (bicyclic) bond motifs is 1. The van der Waals surface area contributed by atoms with Crippen LogP contribution in [0.3, 0.4) is 0 Å². The van der Waals surface area contributed by atoms with Gasteiger partial charge in [-0.25, -0.2) is 0 Å². The molecule has 0 bridgehead atoms. The van der Waals surface area contributed by atoms with Crippen LogP contribution in [0.15, 0.2) is 21.5 Å². The van der Waals surface area contributed by atoms with Gasteiger partial charge < -0.3 is 0 Å². The van der Waals surface area contributed by atoms with Crippen molar-refractivity contribution in [1.82, 2.24) is 0 Å². The van der Waals surface area contributed by atoms with Crippen molar-refractivity contribution in [2.75, 3.05) is 5.43 Å². The molecule has 10 heavy (non-hydrogen) atoms. The van der Waals surface area contributed by atoms with Gasteiger partial charge in [-0.15, -0.1) is 3.25 Å². The molecule has 0 saturated heterocycles. The Bertz CT molecular complexity index is 298. The SMILES string of the molecule is Clc1ccc2c(c1)I=NN2. The van der Waals surface area contributed by atoms with Crippen LogP contribution in [0.25, 0.3) is 0 Å². The van der Waals surface area contributed by atoms with Gasteiger partial charge in [-0.05, 0) is 18.2 Å². The second-order valence-electron chi connectivity index (χ2n) is 1.91. The topological polar surface area (TPSA) is 24.4 Å². The maximum Gasteiger partial charge on any atom is 0.0711 e. The predicted octanol–water partition coefficient (Wildman–Crippen LogP) is 3.00. The van der Waals surface area contributed by atoms with Gasteiger partial charge in [0.25, 0.3) is 0 Å². The van der Waals surface area contributed by atoms with Crippen LogP contribution in [-0.4, -0.2) is 0 Å². The molecule has 1 aromatic carbocycles. The van der Waals surface area contributed by atoms with E-state index < -0.39 is 0 Å². The van der Waals surface area contributed by atoms with E-state index in [0.29, 0.717) is 0 Å². The first-order chi connectivity index (χ1) is 4.86. The number of hydrogen-bond donors (Lipinski definition) is 1. The summed E-state index contributed by atoms with van der Waals surface area (Å²) in [6.45, 7) is 0. The van der Waals surface area contributed by atoms with Gasteiger partial charge in [0, 0.05) is 5.02 Å². The molecule has 0 amide bonds. The lowest BCUT2D eigenvalue weighted by molar-refractivity contribution is 1.40. The van der Waals surface area contributed by atoms with Crippen molar-refractivity contribution < 1.29 is 0 Å². The zero-order valence-corrected chi connectivity index (χ0v) is 7.85. The van der Waals surface area contributed by atoms with E-state index in [1.807, 2.05) is 18.2 Å². The van der Waals surface area contributed by atoms with Crippen LogP contribution in [-0.2, 0) is 0 Å². The fourth-order valence-corrected chi connectivity index (χ4v) is 2.79. The standard InChI is InChI=1S/C6H4ClIN2/c7-4-1-2-6-5(3-4)8-10-9-6/h1-3,9H. The Kier molecular flexibility index (Phi) is 1.61. The molecule has 4 heteroatoms. The van der Waals surface area contributed by atoms with E-state index in [4.69, 9.17) is 11.6 Å². The molecular formula is C6H4ClIN2. The molecule has 0 spiro atoms. The van der Waals surface area contributed by atoms with Gasteiger partial charge in [0.2, 0.25) is 0 Å². The van der Waals surface area contributed by atoms with Crippen molar-refractivity contribution in [2.24, 2.45) is 3.25 Å². The summed E-state index contributed by atoms with van der Waals surface area (Å²) in [4.78, 5) is 0. The molecule has 0 aromatic heterocycles. The number of benzene rings is 1. The van der Waals surface area contributed by atoms with Gasteiger partial charge in [-0.2, -0.15) is 0 Å². The van der Waals surface area contributed by atoms with Crippen LogP contribution in [0.1, 0.15) is 0 Å². The molecule has 2 rings (SSSR count). The van der Waals surface area contributed by atoms with Crippen LogP contribution in [0.5, 0.6) is 0 Å². The predicted molar refractivity (Wildman–Crippen MR) is 50.2 cm³/mol. The highest BCUT2D eigenvalue weighted by molar-refractivity contribution is 14.2. The zero-order valence-electron chi connectivity index (χ0n) is 4.94. The summed E-state index contributed by atoms with van der Waals surface area (Å²) in [5.74, 6) is 0. The molecular weight excluding hydrogens is 262 g/mol. The lowest BCUT2D eigenvalue weighted by Gasteiger charge is -1.94.